The van der Waals surface area contributed by atoms with Gasteiger partial charge in [-0.2, -0.15) is 0 Å². The molecule has 0 saturated carbocycles. The minimum absolute atomic E-state index is 0. The van der Waals surface area contributed by atoms with E-state index in [1.807, 2.05) is 37.3 Å². The van der Waals surface area contributed by atoms with Gasteiger partial charge in [0.2, 0.25) is 0 Å². The van der Waals surface area contributed by atoms with Gasteiger partial charge in [-0.3, -0.25) is 4.99 Å². The number of aliphatic hydroxyl groups excluding tert-OH is 1. The number of guanidine groups is 1. The van der Waals surface area contributed by atoms with Crippen LogP contribution >= 0.6 is 35.3 Å². The van der Waals surface area contributed by atoms with Crippen LogP contribution in [0.4, 0.5) is 0 Å². The molecule has 1 aromatic heterocycles. The first kappa shape index (κ1) is 23.1. The topological polar surface area (TPSA) is 90.8 Å². The Labute approximate surface area is 176 Å². The van der Waals surface area contributed by atoms with Crippen molar-refractivity contribution >= 4 is 61.2 Å². The van der Waals surface area contributed by atoms with Gasteiger partial charge in [0.25, 0.3) is 0 Å². The first-order chi connectivity index (χ1) is 11.9. The SMILES string of the molecule is CCNC(=NCC(O)c1cc2ccccc2s1)NCCS(=O)(=O)CC.I. The minimum Gasteiger partial charge on any atom is -0.386 e. The van der Waals surface area contributed by atoms with Gasteiger partial charge >= 0.3 is 0 Å². The maximum absolute atomic E-state index is 11.5. The molecule has 2 rings (SSSR count). The van der Waals surface area contributed by atoms with Crippen molar-refractivity contribution in [3.8, 4) is 0 Å². The molecule has 0 radical (unpaired) electrons. The maximum Gasteiger partial charge on any atom is 0.191 e. The fourth-order valence-corrected chi connectivity index (χ4v) is 3.99. The Kier molecular flexibility index (Phi) is 9.83. The van der Waals surface area contributed by atoms with E-state index in [4.69, 9.17) is 0 Å². The third kappa shape index (κ3) is 7.01. The van der Waals surface area contributed by atoms with Gasteiger partial charge in [-0.1, -0.05) is 25.1 Å². The maximum atomic E-state index is 11.5. The standard InChI is InChI=1S/C17H25N3O3S2.HI/c1-3-18-17(19-9-10-25(22,23)4-2)20-12-14(21)16-11-13-7-5-6-8-15(13)24-16;/h5-8,11,14,21H,3-4,9-10,12H2,1-2H3,(H2,18,19,20);1H. The molecule has 6 nitrogen and oxygen atoms in total. The van der Waals surface area contributed by atoms with Crippen LogP contribution in [0.2, 0.25) is 0 Å². The number of aliphatic hydroxyl groups is 1. The molecule has 9 heteroatoms. The zero-order chi connectivity index (χ0) is 18.3. The van der Waals surface area contributed by atoms with Crippen molar-refractivity contribution in [2.75, 3.05) is 31.1 Å². The number of nitrogens with one attached hydrogen (secondary N) is 2. The van der Waals surface area contributed by atoms with Crippen molar-refractivity contribution in [2.45, 2.75) is 20.0 Å². The molecule has 0 aliphatic carbocycles. The van der Waals surface area contributed by atoms with Gasteiger partial charge in [-0.25, -0.2) is 8.42 Å². The van der Waals surface area contributed by atoms with Crippen LogP contribution in [-0.4, -0.2) is 50.6 Å². The van der Waals surface area contributed by atoms with E-state index in [1.165, 1.54) is 0 Å². The smallest absolute Gasteiger partial charge is 0.191 e. The van der Waals surface area contributed by atoms with E-state index >= 15 is 0 Å². The van der Waals surface area contributed by atoms with Gasteiger partial charge in [-0.05, 0) is 24.4 Å². The van der Waals surface area contributed by atoms with Crippen molar-refractivity contribution in [2.24, 2.45) is 4.99 Å². The Morgan fingerprint density at radius 3 is 2.65 bits per heavy atom. The summed E-state index contributed by atoms with van der Waals surface area (Å²) in [5.74, 6) is 0.703. The lowest BCUT2D eigenvalue weighted by Crippen LogP contribution is -2.40. The number of hydrogen-bond donors (Lipinski definition) is 3. The molecule has 26 heavy (non-hydrogen) atoms. The summed E-state index contributed by atoms with van der Waals surface area (Å²) < 4.78 is 24.2. The number of benzene rings is 1. The Hall–Kier alpha value is -0.910. The first-order valence-corrected chi connectivity index (χ1v) is 11.0. The molecule has 0 fully saturated rings. The Bertz CT molecular complexity index is 789. The summed E-state index contributed by atoms with van der Waals surface area (Å²) in [6.07, 6.45) is -0.688. The van der Waals surface area contributed by atoms with Crippen molar-refractivity contribution in [3.63, 3.8) is 0 Å². The quantitative estimate of drug-likeness (QED) is 0.288. The molecule has 0 bridgehead atoms. The Balaban J connectivity index is 0.00000338. The van der Waals surface area contributed by atoms with Gasteiger partial charge in [0.05, 0.1) is 12.3 Å². The van der Waals surface area contributed by atoms with E-state index in [-0.39, 0.29) is 42.0 Å². The van der Waals surface area contributed by atoms with Crippen LogP contribution in [0.3, 0.4) is 0 Å². The highest BCUT2D eigenvalue weighted by atomic mass is 127. The fourth-order valence-electron chi connectivity index (χ4n) is 2.25. The van der Waals surface area contributed by atoms with Crippen molar-refractivity contribution in [3.05, 3.63) is 35.2 Å². The van der Waals surface area contributed by atoms with Crippen LogP contribution in [0.1, 0.15) is 24.8 Å². The van der Waals surface area contributed by atoms with Crippen LogP contribution in [0.15, 0.2) is 35.3 Å². The van der Waals surface area contributed by atoms with E-state index in [0.717, 1.165) is 15.0 Å². The number of fused-ring (bicyclic) bond motifs is 1. The zero-order valence-corrected chi connectivity index (χ0v) is 18.9. The van der Waals surface area contributed by atoms with Crippen molar-refractivity contribution in [1.82, 2.24) is 10.6 Å². The predicted molar refractivity (Wildman–Crippen MR) is 121 cm³/mol. The average molecular weight is 511 g/mol. The summed E-state index contributed by atoms with van der Waals surface area (Å²) in [5.41, 5.74) is 0. The molecule has 1 aromatic carbocycles. The van der Waals surface area contributed by atoms with E-state index in [2.05, 4.69) is 15.6 Å². The van der Waals surface area contributed by atoms with Crippen molar-refractivity contribution < 1.29 is 13.5 Å². The molecule has 146 valence electrons. The summed E-state index contributed by atoms with van der Waals surface area (Å²) in [7, 11) is -3.01. The number of sulfone groups is 1. The second-order valence-electron chi connectivity index (χ2n) is 5.59. The Morgan fingerprint density at radius 2 is 2.00 bits per heavy atom. The zero-order valence-electron chi connectivity index (χ0n) is 14.9. The van der Waals surface area contributed by atoms with E-state index in [9.17, 15) is 13.5 Å². The minimum atomic E-state index is -3.01. The first-order valence-electron chi connectivity index (χ1n) is 8.34. The lowest BCUT2D eigenvalue weighted by molar-refractivity contribution is 0.191. The van der Waals surface area contributed by atoms with Gasteiger partial charge in [0, 0.05) is 28.4 Å². The molecule has 0 amide bonds. The lowest BCUT2D eigenvalue weighted by atomic mass is 10.2. The summed E-state index contributed by atoms with van der Waals surface area (Å²) in [6.45, 7) is 4.73. The molecular weight excluding hydrogens is 485 g/mol. The summed E-state index contributed by atoms with van der Waals surface area (Å²) >= 11 is 1.56. The number of rotatable bonds is 8. The number of thiophene rings is 1. The molecule has 0 aliphatic heterocycles. The van der Waals surface area contributed by atoms with Gasteiger partial charge in [-0.15, -0.1) is 35.3 Å². The highest BCUT2D eigenvalue weighted by Gasteiger charge is 2.12. The normalized spacial score (nSPS) is 13.3. The Morgan fingerprint density at radius 1 is 1.27 bits per heavy atom. The third-order valence-electron chi connectivity index (χ3n) is 3.68. The molecule has 2 aromatic rings. The van der Waals surface area contributed by atoms with Crippen LogP contribution in [0.5, 0.6) is 0 Å². The largest absolute Gasteiger partial charge is 0.386 e. The molecule has 1 unspecified atom stereocenters. The monoisotopic (exact) mass is 511 g/mol. The number of hydrogen-bond acceptors (Lipinski definition) is 5. The van der Waals surface area contributed by atoms with Crippen molar-refractivity contribution in [1.29, 1.82) is 0 Å². The highest BCUT2D eigenvalue weighted by molar-refractivity contribution is 14.0. The lowest BCUT2D eigenvalue weighted by Gasteiger charge is -2.12. The molecule has 1 atom stereocenters. The molecule has 3 N–H and O–H groups in total. The molecule has 0 aliphatic rings. The number of aliphatic imine (C=N–C) groups is 1. The summed E-state index contributed by atoms with van der Waals surface area (Å²) in [6, 6.07) is 9.98. The summed E-state index contributed by atoms with van der Waals surface area (Å²) in [4.78, 5) is 5.23. The molecule has 0 spiro atoms. The van der Waals surface area contributed by atoms with Gasteiger partial charge < -0.3 is 15.7 Å². The highest BCUT2D eigenvalue weighted by Crippen LogP contribution is 2.29. The van der Waals surface area contributed by atoms with Gasteiger partial charge in [0.1, 0.15) is 6.10 Å². The average Bonchev–Trinajstić information content (AvgIpc) is 3.03. The molecule has 0 saturated heterocycles. The second-order valence-corrected chi connectivity index (χ2v) is 9.17. The molecular formula is C17H26IN3O3S2. The van der Waals surface area contributed by atoms with Crippen LogP contribution in [0, 0.1) is 0 Å². The number of halogens is 1. The number of nitrogens with zero attached hydrogens (tertiary/aromatic N) is 1. The van der Waals surface area contributed by atoms with E-state index in [1.54, 1.807) is 18.3 Å². The van der Waals surface area contributed by atoms with E-state index < -0.39 is 15.9 Å². The van der Waals surface area contributed by atoms with Crippen LogP contribution < -0.4 is 10.6 Å². The summed E-state index contributed by atoms with van der Waals surface area (Å²) in [5, 5.41) is 17.5. The fraction of sp³-hybridized carbons (Fsp3) is 0.471. The second kappa shape index (κ2) is 11.1. The third-order valence-corrected chi connectivity index (χ3v) is 6.61. The van der Waals surface area contributed by atoms with Gasteiger partial charge in [0.15, 0.2) is 15.8 Å². The van der Waals surface area contributed by atoms with Crippen LogP contribution in [0.25, 0.3) is 10.1 Å². The molecule has 1 heterocycles. The van der Waals surface area contributed by atoms with E-state index in [0.29, 0.717) is 19.0 Å². The van der Waals surface area contributed by atoms with Crippen LogP contribution in [-0.2, 0) is 9.84 Å². The predicted octanol–water partition coefficient (Wildman–Crippen LogP) is 2.54.